The van der Waals surface area contributed by atoms with Crippen molar-refractivity contribution in [1.82, 2.24) is 10.2 Å². The number of rotatable bonds is 7. The minimum absolute atomic E-state index is 0.0590. The van der Waals surface area contributed by atoms with Crippen molar-refractivity contribution >= 4 is 11.9 Å². The Morgan fingerprint density at radius 1 is 1.22 bits per heavy atom. The number of esters is 1. The van der Waals surface area contributed by atoms with Crippen LogP contribution in [-0.4, -0.2) is 56.2 Å². The van der Waals surface area contributed by atoms with E-state index in [9.17, 15) is 9.59 Å². The normalized spacial score (nSPS) is 15.9. The van der Waals surface area contributed by atoms with Gasteiger partial charge in [0.2, 0.25) is 5.91 Å². The van der Waals surface area contributed by atoms with Crippen LogP contribution in [0.4, 0.5) is 0 Å². The van der Waals surface area contributed by atoms with Crippen LogP contribution in [0.1, 0.15) is 19.3 Å². The highest BCUT2D eigenvalue weighted by atomic mass is 16.5. The maximum absolute atomic E-state index is 11.8. The van der Waals surface area contributed by atoms with E-state index in [1.807, 2.05) is 30.3 Å². The maximum Gasteiger partial charge on any atom is 0.307 e. The second-order valence-corrected chi connectivity index (χ2v) is 5.58. The predicted molar refractivity (Wildman–Crippen MR) is 86.2 cm³/mol. The van der Waals surface area contributed by atoms with Gasteiger partial charge in [0.05, 0.1) is 20.1 Å². The number of nitrogens with one attached hydrogen (secondary N) is 1. The van der Waals surface area contributed by atoms with Gasteiger partial charge in [0, 0.05) is 19.6 Å². The molecule has 1 fully saturated rings. The quantitative estimate of drug-likeness (QED) is 0.765. The molecule has 0 atom stereocenters. The van der Waals surface area contributed by atoms with Crippen LogP contribution in [0.2, 0.25) is 0 Å². The van der Waals surface area contributed by atoms with Crippen LogP contribution in [0.15, 0.2) is 30.3 Å². The Bertz CT molecular complexity index is 499. The predicted octanol–water partition coefficient (Wildman–Crippen LogP) is 1.21. The molecule has 2 rings (SSSR count). The number of ether oxygens (including phenoxy) is 2. The van der Waals surface area contributed by atoms with Crippen LogP contribution in [0.3, 0.4) is 0 Å². The van der Waals surface area contributed by atoms with E-state index >= 15 is 0 Å². The number of hydrogen-bond acceptors (Lipinski definition) is 5. The zero-order valence-corrected chi connectivity index (χ0v) is 13.5. The third kappa shape index (κ3) is 6.28. The number of nitrogens with zero attached hydrogens (tertiary/aromatic N) is 1. The van der Waals surface area contributed by atoms with Crippen LogP contribution in [0.5, 0.6) is 5.75 Å². The Morgan fingerprint density at radius 2 is 1.91 bits per heavy atom. The molecule has 0 spiro atoms. The van der Waals surface area contributed by atoms with Gasteiger partial charge < -0.3 is 14.8 Å². The fourth-order valence-corrected chi connectivity index (χ4v) is 2.54. The summed E-state index contributed by atoms with van der Waals surface area (Å²) in [4.78, 5) is 24.9. The average molecular weight is 320 g/mol. The van der Waals surface area contributed by atoms with Gasteiger partial charge in [-0.2, -0.15) is 0 Å². The number of hydrogen-bond donors (Lipinski definition) is 1. The Morgan fingerprint density at radius 3 is 2.57 bits per heavy atom. The number of likely N-dealkylation sites (tertiary alicyclic amines) is 1. The van der Waals surface area contributed by atoms with Crippen molar-refractivity contribution in [2.45, 2.75) is 25.4 Å². The van der Waals surface area contributed by atoms with Crippen molar-refractivity contribution in [2.24, 2.45) is 0 Å². The summed E-state index contributed by atoms with van der Waals surface area (Å²) < 4.78 is 10.5. The molecule has 1 aliphatic rings. The first-order chi connectivity index (χ1) is 11.2. The summed E-state index contributed by atoms with van der Waals surface area (Å²) in [5.74, 6) is 0.520. The Hall–Kier alpha value is -2.08. The van der Waals surface area contributed by atoms with Gasteiger partial charge in [0.15, 0.2) is 0 Å². The van der Waals surface area contributed by atoms with Crippen molar-refractivity contribution in [2.75, 3.05) is 33.3 Å². The molecule has 0 unspecified atom stereocenters. The topological polar surface area (TPSA) is 67.9 Å². The van der Waals surface area contributed by atoms with E-state index in [1.54, 1.807) is 0 Å². The summed E-state index contributed by atoms with van der Waals surface area (Å²) in [5.41, 5.74) is 0. The number of carbonyl (C=O) groups is 2. The molecule has 1 aliphatic heterocycles. The zero-order chi connectivity index (χ0) is 16.5. The van der Waals surface area contributed by atoms with E-state index in [-0.39, 0.29) is 24.4 Å². The summed E-state index contributed by atoms with van der Waals surface area (Å²) in [6.45, 7) is 2.35. The molecule has 0 aromatic heterocycles. The van der Waals surface area contributed by atoms with Crippen molar-refractivity contribution in [1.29, 1.82) is 0 Å². The molecule has 0 bridgehead atoms. The van der Waals surface area contributed by atoms with E-state index in [0.717, 1.165) is 31.7 Å². The standard InChI is InChI=1S/C17H24N2O4/c1-22-17(21)7-10-18-16(20)13-19-11-8-15(9-12-19)23-14-5-3-2-4-6-14/h2-6,15H,7-13H2,1H3,(H,18,20). The summed E-state index contributed by atoms with van der Waals surface area (Å²) in [5, 5.41) is 2.73. The molecule has 1 aromatic rings. The molecule has 1 heterocycles. The molecule has 0 radical (unpaired) electrons. The smallest absolute Gasteiger partial charge is 0.307 e. The first-order valence-electron chi connectivity index (χ1n) is 7.95. The molecule has 1 amide bonds. The highest BCUT2D eigenvalue weighted by Gasteiger charge is 2.21. The lowest BCUT2D eigenvalue weighted by Crippen LogP contribution is -2.44. The minimum atomic E-state index is -0.316. The lowest BCUT2D eigenvalue weighted by Gasteiger charge is -2.31. The summed E-state index contributed by atoms with van der Waals surface area (Å²) in [7, 11) is 1.34. The lowest BCUT2D eigenvalue weighted by molar-refractivity contribution is -0.140. The molecule has 1 N–H and O–H groups in total. The average Bonchev–Trinajstić information content (AvgIpc) is 2.57. The molecule has 0 aliphatic carbocycles. The first-order valence-corrected chi connectivity index (χ1v) is 7.95. The number of amides is 1. The van der Waals surface area contributed by atoms with Gasteiger partial charge in [-0.1, -0.05) is 18.2 Å². The van der Waals surface area contributed by atoms with Gasteiger partial charge in [-0.25, -0.2) is 0 Å². The largest absolute Gasteiger partial charge is 0.490 e. The fraction of sp³-hybridized carbons (Fsp3) is 0.529. The van der Waals surface area contributed by atoms with Gasteiger partial charge in [0.25, 0.3) is 0 Å². The summed E-state index contributed by atoms with van der Waals surface area (Å²) >= 11 is 0. The van der Waals surface area contributed by atoms with E-state index in [4.69, 9.17) is 4.74 Å². The molecule has 6 heteroatoms. The molecular weight excluding hydrogens is 296 g/mol. The van der Waals surface area contributed by atoms with Crippen molar-refractivity contribution in [3.63, 3.8) is 0 Å². The lowest BCUT2D eigenvalue weighted by atomic mass is 10.1. The molecule has 6 nitrogen and oxygen atoms in total. The van der Waals surface area contributed by atoms with Crippen molar-refractivity contribution in [3.8, 4) is 5.75 Å². The van der Waals surface area contributed by atoms with E-state index < -0.39 is 0 Å². The number of benzene rings is 1. The molecular formula is C17H24N2O4. The van der Waals surface area contributed by atoms with Gasteiger partial charge in [-0.15, -0.1) is 0 Å². The molecule has 0 saturated carbocycles. The fourth-order valence-electron chi connectivity index (χ4n) is 2.54. The number of para-hydroxylation sites is 1. The summed E-state index contributed by atoms with van der Waals surface area (Å²) in [6, 6.07) is 9.81. The van der Waals surface area contributed by atoms with Crippen LogP contribution in [0.25, 0.3) is 0 Å². The summed E-state index contributed by atoms with van der Waals surface area (Å²) in [6.07, 6.45) is 2.22. The maximum atomic E-state index is 11.8. The third-order valence-corrected chi connectivity index (χ3v) is 3.83. The molecule has 23 heavy (non-hydrogen) atoms. The Kier molecular flexibility index (Phi) is 6.87. The minimum Gasteiger partial charge on any atom is -0.490 e. The molecule has 126 valence electrons. The molecule has 1 aromatic carbocycles. The zero-order valence-electron chi connectivity index (χ0n) is 13.5. The second kappa shape index (κ2) is 9.15. The monoisotopic (exact) mass is 320 g/mol. The first kappa shape index (κ1) is 17.3. The van der Waals surface area contributed by atoms with Crippen LogP contribution >= 0.6 is 0 Å². The van der Waals surface area contributed by atoms with Gasteiger partial charge in [0.1, 0.15) is 11.9 Å². The third-order valence-electron chi connectivity index (χ3n) is 3.83. The highest BCUT2D eigenvalue weighted by molar-refractivity contribution is 5.78. The number of piperidine rings is 1. The van der Waals surface area contributed by atoms with Crippen molar-refractivity contribution < 1.29 is 19.1 Å². The van der Waals surface area contributed by atoms with Crippen LogP contribution in [-0.2, 0) is 14.3 Å². The van der Waals surface area contributed by atoms with Crippen LogP contribution in [0, 0.1) is 0 Å². The van der Waals surface area contributed by atoms with Gasteiger partial charge in [-0.3, -0.25) is 14.5 Å². The SMILES string of the molecule is COC(=O)CCNC(=O)CN1CCC(Oc2ccccc2)CC1. The van der Waals surface area contributed by atoms with E-state index in [2.05, 4.69) is 15.0 Å². The molecule has 1 saturated heterocycles. The van der Waals surface area contributed by atoms with Crippen molar-refractivity contribution in [3.05, 3.63) is 30.3 Å². The number of carbonyl (C=O) groups excluding carboxylic acids is 2. The number of methoxy groups -OCH3 is 1. The highest BCUT2D eigenvalue weighted by Crippen LogP contribution is 2.18. The van der Waals surface area contributed by atoms with Gasteiger partial charge >= 0.3 is 5.97 Å². The van der Waals surface area contributed by atoms with Gasteiger partial charge in [-0.05, 0) is 25.0 Å². The Balaban J connectivity index is 1.62. The second-order valence-electron chi connectivity index (χ2n) is 5.58. The van der Waals surface area contributed by atoms with E-state index in [0.29, 0.717) is 13.1 Å². The van der Waals surface area contributed by atoms with E-state index in [1.165, 1.54) is 7.11 Å². The Labute approximate surface area is 136 Å². The van der Waals surface area contributed by atoms with Crippen LogP contribution < -0.4 is 10.1 Å².